The predicted molar refractivity (Wildman–Crippen MR) is 77.0 cm³/mol. The number of benzene rings is 1. The van der Waals surface area contributed by atoms with Gasteiger partial charge in [-0.2, -0.15) is 0 Å². The molecule has 0 saturated heterocycles. The molecule has 1 aromatic carbocycles. The van der Waals surface area contributed by atoms with E-state index in [4.69, 9.17) is 10.5 Å². The molecule has 1 aromatic heterocycles. The maximum atomic E-state index is 12.5. The van der Waals surface area contributed by atoms with E-state index < -0.39 is 0 Å². The molecule has 0 spiro atoms. The number of hydrogen-bond donors (Lipinski definition) is 1. The van der Waals surface area contributed by atoms with Crippen molar-refractivity contribution in [1.29, 1.82) is 0 Å². The molecule has 5 heteroatoms. The minimum absolute atomic E-state index is 0.0994. The minimum atomic E-state index is -0.0994. The normalized spacial score (nSPS) is 12.7. The predicted octanol–water partition coefficient (Wildman–Crippen LogP) is 1.88. The summed E-state index contributed by atoms with van der Waals surface area (Å²) >= 11 is 0. The van der Waals surface area contributed by atoms with Gasteiger partial charge in [0.05, 0.1) is 24.2 Å². The molecule has 0 saturated carbocycles. The fourth-order valence-corrected chi connectivity index (χ4v) is 2.33. The molecule has 0 unspecified atom stereocenters. The standard InChI is InChI=1S/C15H15N3O2/c1-18(13-4-6-17-9-12(13)16)15(19)11-2-3-14-10(8-11)5-7-20-14/h2-4,6,8-9H,5,7,16H2,1H3. The third-order valence-electron chi connectivity index (χ3n) is 3.43. The van der Waals surface area contributed by atoms with Gasteiger partial charge >= 0.3 is 0 Å². The highest BCUT2D eigenvalue weighted by molar-refractivity contribution is 6.07. The molecule has 1 amide bonds. The molecular weight excluding hydrogens is 254 g/mol. The van der Waals surface area contributed by atoms with E-state index in [1.165, 1.54) is 11.1 Å². The molecule has 0 radical (unpaired) electrons. The number of hydrogen-bond acceptors (Lipinski definition) is 4. The summed E-state index contributed by atoms with van der Waals surface area (Å²) in [5.74, 6) is 0.769. The van der Waals surface area contributed by atoms with Gasteiger partial charge in [-0.05, 0) is 29.8 Å². The maximum Gasteiger partial charge on any atom is 0.258 e. The Labute approximate surface area is 117 Å². The molecule has 0 bridgehead atoms. The van der Waals surface area contributed by atoms with Gasteiger partial charge in [0.2, 0.25) is 0 Å². The van der Waals surface area contributed by atoms with Crippen LogP contribution < -0.4 is 15.4 Å². The van der Waals surface area contributed by atoms with Crippen molar-refractivity contribution in [3.05, 3.63) is 47.8 Å². The van der Waals surface area contributed by atoms with Crippen LogP contribution in [-0.4, -0.2) is 24.5 Å². The number of amides is 1. The molecule has 2 heterocycles. The first-order valence-corrected chi connectivity index (χ1v) is 6.40. The van der Waals surface area contributed by atoms with E-state index in [9.17, 15) is 4.79 Å². The van der Waals surface area contributed by atoms with Crippen molar-refractivity contribution in [1.82, 2.24) is 4.98 Å². The van der Waals surface area contributed by atoms with Crippen LogP contribution in [0.15, 0.2) is 36.7 Å². The van der Waals surface area contributed by atoms with Gasteiger partial charge in [0.15, 0.2) is 0 Å². The largest absolute Gasteiger partial charge is 0.493 e. The van der Waals surface area contributed by atoms with E-state index >= 15 is 0 Å². The van der Waals surface area contributed by atoms with Gasteiger partial charge in [0.25, 0.3) is 5.91 Å². The van der Waals surface area contributed by atoms with E-state index in [0.717, 1.165) is 17.7 Å². The quantitative estimate of drug-likeness (QED) is 0.903. The Morgan fingerprint density at radius 1 is 1.40 bits per heavy atom. The van der Waals surface area contributed by atoms with Crippen molar-refractivity contribution in [2.45, 2.75) is 6.42 Å². The lowest BCUT2D eigenvalue weighted by molar-refractivity contribution is 0.0993. The maximum absolute atomic E-state index is 12.5. The van der Waals surface area contributed by atoms with Crippen LogP contribution >= 0.6 is 0 Å². The van der Waals surface area contributed by atoms with Crippen molar-refractivity contribution in [2.24, 2.45) is 0 Å². The summed E-state index contributed by atoms with van der Waals surface area (Å²) in [4.78, 5) is 18.0. The lowest BCUT2D eigenvalue weighted by Gasteiger charge is -2.19. The molecule has 0 aliphatic carbocycles. The Kier molecular flexibility index (Phi) is 3.02. The number of carbonyl (C=O) groups is 1. The summed E-state index contributed by atoms with van der Waals surface area (Å²) in [5, 5.41) is 0. The van der Waals surface area contributed by atoms with E-state index in [1.807, 2.05) is 12.1 Å². The van der Waals surface area contributed by atoms with Crippen LogP contribution in [-0.2, 0) is 6.42 Å². The van der Waals surface area contributed by atoms with Crippen LogP contribution in [0.4, 0.5) is 11.4 Å². The number of anilines is 2. The Morgan fingerprint density at radius 3 is 3.05 bits per heavy atom. The van der Waals surface area contributed by atoms with Crippen LogP contribution in [0.3, 0.4) is 0 Å². The molecule has 102 valence electrons. The van der Waals surface area contributed by atoms with Crippen LogP contribution in [0.2, 0.25) is 0 Å². The van der Waals surface area contributed by atoms with Crippen molar-refractivity contribution >= 4 is 17.3 Å². The molecule has 1 aliphatic heterocycles. The number of nitrogen functional groups attached to an aromatic ring is 1. The number of pyridine rings is 1. The molecular formula is C15H15N3O2. The Morgan fingerprint density at radius 2 is 2.25 bits per heavy atom. The first-order valence-electron chi connectivity index (χ1n) is 6.40. The van der Waals surface area contributed by atoms with Gasteiger partial charge in [-0.1, -0.05) is 0 Å². The number of carbonyl (C=O) groups excluding carboxylic acids is 1. The number of rotatable bonds is 2. The van der Waals surface area contributed by atoms with Gasteiger partial charge in [-0.15, -0.1) is 0 Å². The van der Waals surface area contributed by atoms with Crippen molar-refractivity contribution in [2.75, 3.05) is 24.3 Å². The van der Waals surface area contributed by atoms with E-state index in [0.29, 0.717) is 23.5 Å². The molecule has 20 heavy (non-hydrogen) atoms. The number of aromatic nitrogens is 1. The summed E-state index contributed by atoms with van der Waals surface area (Å²) in [5.41, 5.74) is 8.69. The lowest BCUT2D eigenvalue weighted by atomic mass is 10.1. The number of ether oxygens (including phenoxy) is 1. The summed E-state index contributed by atoms with van der Waals surface area (Å²) < 4.78 is 5.44. The SMILES string of the molecule is CN(C(=O)c1ccc2c(c1)CCO2)c1ccncc1N. The second kappa shape index (κ2) is 4.85. The molecule has 2 N–H and O–H groups in total. The van der Waals surface area contributed by atoms with E-state index in [1.54, 1.807) is 25.4 Å². The van der Waals surface area contributed by atoms with Crippen LogP contribution in [0, 0.1) is 0 Å². The highest BCUT2D eigenvalue weighted by atomic mass is 16.5. The average molecular weight is 269 g/mol. The summed E-state index contributed by atoms with van der Waals surface area (Å²) in [6.45, 7) is 0.681. The van der Waals surface area contributed by atoms with E-state index in [-0.39, 0.29) is 5.91 Å². The molecule has 3 rings (SSSR count). The zero-order chi connectivity index (χ0) is 14.1. The van der Waals surface area contributed by atoms with Crippen LogP contribution in [0.5, 0.6) is 5.75 Å². The number of nitrogens with zero attached hydrogens (tertiary/aromatic N) is 2. The lowest BCUT2D eigenvalue weighted by Crippen LogP contribution is -2.27. The van der Waals surface area contributed by atoms with Crippen molar-refractivity contribution < 1.29 is 9.53 Å². The Balaban J connectivity index is 1.91. The van der Waals surface area contributed by atoms with Crippen LogP contribution in [0.25, 0.3) is 0 Å². The molecule has 0 fully saturated rings. The highest BCUT2D eigenvalue weighted by Gasteiger charge is 2.19. The summed E-state index contributed by atoms with van der Waals surface area (Å²) in [7, 11) is 1.71. The third-order valence-corrected chi connectivity index (χ3v) is 3.43. The smallest absolute Gasteiger partial charge is 0.258 e. The molecule has 0 atom stereocenters. The van der Waals surface area contributed by atoms with Gasteiger partial charge in [-0.3, -0.25) is 9.78 Å². The van der Waals surface area contributed by atoms with Gasteiger partial charge in [-0.25, -0.2) is 0 Å². The summed E-state index contributed by atoms with van der Waals surface area (Å²) in [6, 6.07) is 7.24. The van der Waals surface area contributed by atoms with Crippen LogP contribution in [0.1, 0.15) is 15.9 Å². The Bertz CT molecular complexity index is 670. The van der Waals surface area contributed by atoms with E-state index in [2.05, 4.69) is 4.98 Å². The topological polar surface area (TPSA) is 68.5 Å². The fraction of sp³-hybridized carbons (Fsp3) is 0.200. The molecule has 2 aromatic rings. The van der Waals surface area contributed by atoms with Gasteiger partial charge < -0.3 is 15.4 Å². The highest BCUT2D eigenvalue weighted by Crippen LogP contribution is 2.27. The van der Waals surface area contributed by atoms with Gasteiger partial charge in [0.1, 0.15) is 5.75 Å². The second-order valence-corrected chi connectivity index (χ2v) is 4.72. The monoisotopic (exact) mass is 269 g/mol. The summed E-state index contributed by atoms with van der Waals surface area (Å²) in [6.07, 6.45) is 4.00. The first kappa shape index (κ1) is 12.5. The van der Waals surface area contributed by atoms with Gasteiger partial charge in [0, 0.05) is 25.2 Å². The Hall–Kier alpha value is -2.56. The molecule has 1 aliphatic rings. The van der Waals surface area contributed by atoms with Crippen molar-refractivity contribution in [3.8, 4) is 5.75 Å². The zero-order valence-electron chi connectivity index (χ0n) is 11.2. The number of nitrogens with two attached hydrogens (primary N) is 1. The number of fused-ring (bicyclic) bond motifs is 1. The minimum Gasteiger partial charge on any atom is -0.493 e. The first-order chi connectivity index (χ1) is 9.66. The zero-order valence-corrected chi connectivity index (χ0v) is 11.2. The van der Waals surface area contributed by atoms with Crippen molar-refractivity contribution in [3.63, 3.8) is 0 Å². The average Bonchev–Trinajstić information content (AvgIpc) is 2.93. The second-order valence-electron chi connectivity index (χ2n) is 4.72. The molecule has 5 nitrogen and oxygen atoms in total. The fourth-order valence-electron chi connectivity index (χ4n) is 2.33. The third kappa shape index (κ3) is 2.07.